The van der Waals surface area contributed by atoms with Crippen LogP contribution in [0.4, 0.5) is 79.0 Å². The highest BCUT2D eigenvalue weighted by atomic mass is 32.1. The van der Waals surface area contributed by atoms with E-state index in [1.54, 1.807) is 0 Å². The van der Waals surface area contributed by atoms with Crippen molar-refractivity contribution in [3.05, 3.63) is 0 Å². The van der Waals surface area contributed by atoms with Gasteiger partial charge < -0.3 is 14.1 Å². The molecule has 0 atom stereocenters. The predicted octanol–water partition coefficient (Wildman–Crippen LogP) is -2.11. The summed E-state index contributed by atoms with van der Waals surface area (Å²) in [5, 5.41) is 0. The van der Waals surface area contributed by atoms with E-state index in [0.29, 0.717) is 0 Å². The maximum Gasteiger partial charge on any atom is 0.674 e. The molecule has 0 fully saturated rings. The minimum atomic E-state index is -5.12. The summed E-state index contributed by atoms with van der Waals surface area (Å²) >= 11 is -4.38. The van der Waals surface area contributed by atoms with E-state index >= 15 is 0 Å². The summed E-state index contributed by atoms with van der Waals surface area (Å²) in [5.74, 6) is 0. The molecule has 0 rings (SSSR count). The molecule has 27 heteroatoms. The molecule has 0 aromatic heterocycles. The Bertz CT molecular complexity index is 430. The third-order valence-corrected chi connectivity index (χ3v) is 2.27. The van der Waals surface area contributed by atoms with Crippen molar-refractivity contribution in [2.75, 3.05) is 0 Å². The fraction of sp³-hybridized carbons (Fsp3) is 1.00. The van der Waals surface area contributed by atoms with Gasteiger partial charge in [-0.3, -0.25) is 0 Å². The van der Waals surface area contributed by atoms with E-state index in [-0.39, 0.29) is 14.1 Å². The highest BCUT2D eigenvalue weighted by molar-refractivity contribution is 7.69. The Labute approximate surface area is 177 Å². The van der Waals surface area contributed by atoms with Crippen LogP contribution in [0.15, 0.2) is 13.1 Å². The molecule has 0 unspecified atom stereocenters. The van der Waals surface area contributed by atoms with Gasteiger partial charge >= 0.3 is 70.1 Å². The fourth-order valence-corrected chi connectivity index (χ4v) is 0.932. The van der Waals surface area contributed by atoms with Gasteiger partial charge in [0.1, 0.15) is 0 Å². The topological polar surface area (TPSA) is 37.1 Å². The van der Waals surface area contributed by atoms with Gasteiger partial charge in [-0.15, -0.1) is 79.0 Å². The van der Waals surface area contributed by atoms with E-state index in [1.165, 1.54) is 13.1 Å². The molecule has 0 N–H and O–H groups in total. The molecule has 0 heterocycles. The van der Waals surface area contributed by atoms with Crippen LogP contribution in [0.1, 0.15) is 0 Å². The first-order chi connectivity index (χ1) is 12.6. The van der Waals surface area contributed by atoms with Gasteiger partial charge in [-0.05, 0) is 0 Å². The average Bonchev–Trinajstić information content (AvgIpc) is 2.38. The number of halogens is 21. The van der Waals surface area contributed by atoms with Crippen LogP contribution in [0.5, 0.6) is 0 Å². The molecule has 0 saturated heterocycles. The SMILES string of the molecule is FC(F)(F)/N=[S+]/C(F)(F)F.FC(F)(F)/N=[S+]/C(F)(F)F.FC(F)(F)/N=[S+]/C(F)(F)F.[F-].[F-].[F-]. The highest BCUT2D eigenvalue weighted by Gasteiger charge is 2.49. The zero-order valence-electron chi connectivity index (χ0n) is 13.5. The number of alkyl halides is 18. The van der Waals surface area contributed by atoms with Crippen LogP contribution in [-0.4, -0.2) is 35.4 Å². The Kier molecular flexibility index (Phi) is 22.2. The number of hydrogen-bond donors (Lipinski definition) is 0. The van der Waals surface area contributed by atoms with Crippen LogP contribution in [0.3, 0.4) is 0 Å². The van der Waals surface area contributed by atoms with Crippen LogP contribution < -0.4 is 14.1 Å². The molecule has 204 valence electrons. The smallest absolute Gasteiger partial charge is 0.674 e. The molecule has 0 radical (unpaired) electrons. The second kappa shape index (κ2) is 16.3. The van der Waals surface area contributed by atoms with Crippen molar-refractivity contribution in [2.24, 2.45) is 13.1 Å². The van der Waals surface area contributed by atoms with Crippen LogP contribution >= 0.6 is 0 Å². The van der Waals surface area contributed by atoms with Gasteiger partial charge in [0.05, 0.1) is 13.1 Å². The monoisotopic (exact) mass is 609 g/mol. The van der Waals surface area contributed by atoms with Gasteiger partial charge in [0.25, 0.3) is 0 Å². The lowest BCUT2D eigenvalue weighted by Gasteiger charge is -1.86. The van der Waals surface area contributed by atoms with Crippen LogP contribution in [0.2, 0.25) is 0 Å². The Morgan fingerprint density at radius 1 is 0.303 bits per heavy atom. The van der Waals surface area contributed by atoms with E-state index in [2.05, 4.69) is 0 Å². The molecule has 0 aromatic rings. The maximum atomic E-state index is 11.0. The van der Waals surface area contributed by atoms with E-state index in [0.717, 1.165) is 0 Å². The summed E-state index contributed by atoms with van der Waals surface area (Å²) in [4.78, 5) is 0. The summed E-state index contributed by atoms with van der Waals surface area (Å²) < 4.78 is 201. The minimum Gasteiger partial charge on any atom is -1.00 e. The first kappa shape index (κ1) is 45.1. The Hall–Kier alpha value is -1.41. The van der Waals surface area contributed by atoms with Gasteiger partial charge in [0, 0.05) is 0 Å². The first-order valence-corrected chi connectivity index (χ1v) is 7.55. The standard InChI is InChI=1S/3C2F6NS.3FH/c3*3-1(4,5)9-10-2(6,7)8;;;/h;;;3*1H/q3*+1;;;/p-3. The summed E-state index contributed by atoms with van der Waals surface area (Å²) in [6, 6.07) is 0. The van der Waals surface area contributed by atoms with Crippen LogP contribution in [-0.2, 0) is 34.7 Å². The molecule has 0 bridgehead atoms. The van der Waals surface area contributed by atoms with E-state index in [1.807, 2.05) is 0 Å². The lowest BCUT2D eigenvalue weighted by atomic mass is 11.3. The quantitative estimate of drug-likeness (QED) is 0.172. The zero-order valence-corrected chi connectivity index (χ0v) is 16.0. The van der Waals surface area contributed by atoms with Crippen molar-refractivity contribution in [1.29, 1.82) is 0 Å². The second-order valence-electron chi connectivity index (χ2n) is 3.29. The molecule has 0 aliphatic rings. The lowest BCUT2D eigenvalue weighted by Crippen LogP contribution is -3.00. The normalized spacial score (nSPS) is 13.3. The summed E-state index contributed by atoms with van der Waals surface area (Å²) in [5.41, 5.74) is -14.9. The lowest BCUT2D eigenvalue weighted by molar-refractivity contribution is -0.119. The third kappa shape index (κ3) is 65.2. The molecule has 0 spiro atoms. The fourth-order valence-electron chi connectivity index (χ4n) is 0.311. The van der Waals surface area contributed by atoms with Crippen molar-refractivity contribution >= 4 is 34.7 Å². The Morgan fingerprint density at radius 2 is 0.424 bits per heavy atom. The molecule has 0 aromatic carbocycles. The minimum absolute atomic E-state index is 0. The largest absolute Gasteiger partial charge is 1.00 e. The molecule has 0 amide bonds. The third-order valence-electron chi connectivity index (χ3n) is 0.758. The van der Waals surface area contributed by atoms with Crippen molar-refractivity contribution < 1.29 is 93.1 Å². The van der Waals surface area contributed by atoms with Crippen molar-refractivity contribution in [2.45, 2.75) is 35.4 Å². The van der Waals surface area contributed by atoms with Crippen molar-refractivity contribution in [3.63, 3.8) is 0 Å². The predicted molar refractivity (Wildman–Crippen MR) is 65.7 cm³/mol. The van der Waals surface area contributed by atoms with E-state index in [9.17, 15) is 79.0 Å². The number of hydrogen-bond acceptors (Lipinski definition) is 3. The van der Waals surface area contributed by atoms with Gasteiger partial charge in [-0.1, -0.05) is 0 Å². The molecule has 0 aliphatic carbocycles. The number of nitrogens with zero attached hydrogens (tertiary/aromatic N) is 3. The highest BCUT2D eigenvalue weighted by Crippen LogP contribution is 2.22. The molecular formula is C6F21N3S3. The van der Waals surface area contributed by atoms with Crippen molar-refractivity contribution in [1.82, 2.24) is 0 Å². The molecule has 3 nitrogen and oxygen atoms in total. The van der Waals surface area contributed by atoms with Crippen LogP contribution in [0.25, 0.3) is 0 Å². The second-order valence-corrected chi connectivity index (χ2v) is 5.77. The summed E-state index contributed by atoms with van der Waals surface area (Å²) in [6.07, 6.45) is -15.4. The van der Waals surface area contributed by atoms with Gasteiger partial charge in [-0.25, -0.2) is 0 Å². The van der Waals surface area contributed by atoms with E-state index < -0.39 is 70.1 Å². The summed E-state index contributed by atoms with van der Waals surface area (Å²) in [6.45, 7) is 0. The molecular weight excluding hydrogens is 609 g/mol. The first-order valence-electron chi connectivity index (χ1n) is 5.23. The van der Waals surface area contributed by atoms with Gasteiger partial charge in [0.2, 0.25) is 0 Å². The zero-order chi connectivity index (χ0) is 25.2. The molecule has 0 aliphatic heterocycles. The number of rotatable bonds is 0. The van der Waals surface area contributed by atoms with Crippen LogP contribution in [0, 0.1) is 0 Å². The van der Waals surface area contributed by atoms with Crippen molar-refractivity contribution in [3.8, 4) is 0 Å². The molecule has 0 saturated carbocycles. The van der Waals surface area contributed by atoms with E-state index in [4.69, 9.17) is 0 Å². The Morgan fingerprint density at radius 3 is 0.455 bits per heavy atom. The van der Waals surface area contributed by atoms with Gasteiger partial charge in [-0.2, -0.15) is 0 Å². The molecule has 33 heavy (non-hydrogen) atoms. The maximum absolute atomic E-state index is 11.0. The average molecular weight is 609 g/mol. The summed E-state index contributed by atoms with van der Waals surface area (Å²) in [7, 11) is 0. The Balaban J connectivity index is -0.0000000792. The van der Waals surface area contributed by atoms with Gasteiger partial charge in [0.15, 0.2) is 0 Å².